The number of rotatable bonds is 6. The standard InChI is InChI=1S/C20H18N6OS/c1-13(19(27)23-16-6-4-14(11-21)5-7-16)28-20-25-24-18(26(20)17-8-9-17)15-3-2-10-22-12-15/h2-7,10,12-13,17H,8-9H2,1H3,(H,23,27)/t13-/m0/s1. The Morgan fingerprint density at radius 2 is 2.07 bits per heavy atom. The van der Waals surface area contributed by atoms with E-state index >= 15 is 0 Å². The highest BCUT2D eigenvalue weighted by Crippen LogP contribution is 2.41. The fraction of sp³-hybridized carbons (Fsp3) is 0.250. The normalized spacial score (nSPS) is 14.3. The molecule has 7 nitrogen and oxygen atoms in total. The van der Waals surface area contributed by atoms with Crippen molar-refractivity contribution in [1.82, 2.24) is 19.7 Å². The van der Waals surface area contributed by atoms with E-state index in [-0.39, 0.29) is 11.2 Å². The Bertz CT molecular complexity index is 1020. The highest BCUT2D eigenvalue weighted by Gasteiger charge is 2.31. The summed E-state index contributed by atoms with van der Waals surface area (Å²) in [6, 6.07) is 13.1. The molecule has 28 heavy (non-hydrogen) atoms. The Balaban J connectivity index is 1.49. The van der Waals surface area contributed by atoms with E-state index in [0.717, 1.165) is 29.4 Å². The SMILES string of the molecule is C[C@H](Sc1nnc(-c2cccnc2)n1C1CC1)C(=O)Nc1ccc(C#N)cc1. The topological polar surface area (TPSA) is 96.5 Å². The number of benzene rings is 1. The highest BCUT2D eigenvalue weighted by molar-refractivity contribution is 8.00. The van der Waals surface area contributed by atoms with Gasteiger partial charge in [-0.05, 0) is 56.2 Å². The van der Waals surface area contributed by atoms with Crippen molar-refractivity contribution >= 4 is 23.4 Å². The molecule has 0 radical (unpaired) electrons. The number of hydrogen-bond donors (Lipinski definition) is 1. The summed E-state index contributed by atoms with van der Waals surface area (Å²) in [5, 5.41) is 20.8. The van der Waals surface area contributed by atoms with Crippen LogP contribution in [0.4, 0.5) is 5.69 Å². The van der Waals surface area contributed by atoms with Gasteiger partial charge in [0, 0.05) is 29.7 Å². The molecule has 1 aliphatic carbocycles. The minimum Gasteiger partial charge on any atom is -0.325 e. The van der Waals surface area contributed by atoms with Crippen LogP contribution in [0.5, 0.6) is 0 Å². The van der Waals surface area contributed by atoms with E-state index in [9.17, 15) is 4.79 Å². The van der Waals surface area contributed by atoms with Crippen molar-refractivity contribution < 1.29 is 4.79 Å². The van der Waals surface area contributed by atoms with Gasteiger partial charge in [-0.25, -0.2) is 0 Å². The number of carbonyl (C=O) groups excluding carboxylic acids is 1. The third kappa shape index (κ3) is 3.89. The molecule has 0 saturated heterocycles. The molecule has 0 bridgehead atoms. The largest absolute Gasteiger partial charge is 0.325 e. The zero-order chi connectivity index (χ0) is 19.5. The molecule has 1 saturated carbocycles. The van der Waals surface area contributed by atoms with E-state index in [1.54, 1.807) is 36.7 Å². The average molecular weight is 390 g/mol. The molecule has 0 aliphatic heterocycles. The van der Waals surface area contributed by atoms with Crippen LogP contribution in [0.2, 0.25) is 0 Å². The highest BCUT2D eigenvalue weighted by atomic mass is 32.2. The summed E-state index contributed by atoms with van der Waals surface area (Å²) in [7, 11) is 0. The average Bonchev–Trinajstić information content (AvgIpc) is 3.49. The van der Waals surface area contributed by atoms with Crippen molar-refractivity contribution in [3.05, 3.63) is 54.4 Å². The van der Waals surface area contributed by atoms with Crippen LogP contribution in [0.15, 0.2) is 53.9 Å². The van der Waals surface area contributed by atoms with E-state index in [0.29, 0.717) is 17.3 Å². The Hall–Kier alpha value is -3.18. The summed E-state index contributed by atoms with van der Waals surface area (Å²) in [5.74, 6) is 0.667. The monoisotopic (exact) mass is 390 g/mol. The summed E-state index contributed by atoms with van der Waals surface area (Å²) in [6.07, 6.45) is 5.68. The summed E-state index contributed by atoms with van der Waals surface area (Å²) in [4.78, 5) is 16.7. The van der Waals surface area contributed by atoms with Crippen LogP contribution in [0, 0.1) is 11.3 Å². The first-order chi connectivity index (χ1) is 13.7. The molecule has 1 N–H and O–H groups in total. The number of thioether (sulfide) groups is 1. The van der Waals surface area contributed by atoms with Gasteiger partial charge in [-0.3, -0.25) is 14.3 Å². The van der Waals surface area contributed by atoms with Crippen LogP contribution < -0.4 is 5.32 Å². The molecule has 2 aromatic heterocycles. The van der Waals surface area contributed by atoms with Gasteiger partial charge in [0.1, 0.15) is 0 Å². The van der Waals surface area contributed by atoms with Gasteiger partial charge in [0.15, 0.2) is 11.0 Å². The van der Waals surface area contributed by atoms with Crippen LogP contribution in [0.25, 0.3) is 11.4 Å². The number of aromatic nitrogens is 4. The zero-order valence-corrected chi connectivity index (χ0v) is 16.1. The molecule has 1 aliphatic rings. The van der Waals surface area contributed by atoms with Crippen molar-refractivity contribution in [2.45, 2.75) is 36.2 Å². The Morgan fingerprint density at radius 1 is 1.29 bits per heavy atom. The molecule has 3 aromatic rings. The van der Waals surface area contributed by atoms with Crippen molar-refractivity contribution in [2.24, 2.45) is 0 Å². The Labute approximate surface area is 166 Å². The molecular weight excluding hydrogens is 372 g/mol. The minimum atomic E-state index is -0.348. The van der Waals surface area contributed by atoms with E-state index < -0.39 is 0 Å². The van der Waals surface area contributed by atoms with Gasteiger partial charge in [0.05, 0.1) is 16.9 Å². The van der Waals surface area contributed by atoms with Crippen LogP contribution in [0.1, 0.15) is 31.4 Å². The molecule has 1 aromatic carbocycles. The predicted octanol–water partition coefficient (Wildman–Crippen LogP) is 3.67. The predicted molar refractivity (Wildman–Crippen MR) is 107 cm³/mol. The Kier molecular flexibility index (Phi) is 5.08. The number of nitriles is 1. The molecule has 0 spiro atoms. The third-order valence-corrected chi connectivity index (χ3v) is 5.49. The first kappa shape index (κ1) is 18.2. The van der Waals surface area contributed by atoms with Crippen LogP contribution in [-0.2, 0) is 4.79 Å². The maximum absolute atomic E-state index is 12.6. The molecule has 4 rings (SSSR count). The maximum atomic E-state index is 12.6. The van der Waals surface area contributed by atoms with Crippen LogP contribution in [0.3, 0.4) is 0 Å². The lowest BCUT2D eigenvalue weighted by Crippen LogP contribution is -2.22. The van der Waals surface area contributed by atoms with Crippen LogP contribution in [-0.4, -0.2) is 30.9 Å². The summed E-state index contributed by atoms with van der Waals surface area (Å²) >= 11 is 1.39. The zero-order valence-electron chi connectivity index (χ0n) is 15.2. The molecule has 0 unspecified atom stereocenters. The van der Waals surface area contributed by atoms with Gasteiger partial charge in [-0.2, -0.15) is 5.26 Å². The summed E-state index contributed by atoms with van der Waals surface area (Å²) in [6.45, 7) is 1.85. The lowest BCUT2D eigenvalue weighted by molar-refractivity contribution is -0.115. The summed E-state index contributed by atoms with van der Waals surface area (Å²) in [5.41, 5.74) is 2.14. The van der Waals surface area contributed by atoms with Crippen molar-refractivity contribution in [2.75, 3.05) is 5.32 Å². The number of nitrogens with zero attached hydrogens (tertiary/aromatic N) is 5. The smallest absolute Gasteiger partial charge is 0.237 e. The number of carbonyl (C=O) groups is 1. The van der Waals surface area contributed by atoms with E-state index in [2.05, 4.69) is 31.1 Å². The third-order valence-electron chi connectivity index (χ3n) is 4.43. The van der Waals surface area contributed by atoms with E-state index in [4.69, 9.17) is 5.26 Å². The second kappa shape index (κ2) is 7.82. The fourth-order valence-corrected chi connectivity index (χ4v) is 3.71. The quantitative estimate of drug-likeness (QED) is 0.645. The lowest BCUT2D eigenvalue weighted by Gasteiger charge is -2.13. The number of hydrogen-bond acceptors (Lipinski definition) is 6. The fourth-order valence-electron chi connectivity index (χ4n) is 2.79. The molecule has 140 valence electrons. The number of anilines is 1. The number of amides is 1. The van der Waals surface area contributed by atoms with E-state index in [1.165, 1.54) is 11.8 Å². The second-order valence-corrected chi connectivity index (χ2v) is 7.90. The molecule has 1 atom stereocenters. The van der Waals surface area contributed by atoms with Crippen LogP contribution >= 0.6 is 11.8 Å². The Morgan fingerprint density at radius 3 is 2.71 bits per heavy atom. The first-order valence-corrected chi connectivity index (χ1v) is 9.86. The second-order valence-electron chi connectivity index (χ2n) is 6.59. The van der Waals surface area contributed by atoms with Gasteiger partial charge < -0.3 is 5.32 Å². The molecule has 1 amide bonds. The van der Waals surface area contributed by atoms with Gasteiger partial charge in [-0.1, -0.05) is 11.8 Å². The molecular formula is C20H18N6OS. The van der Waals surface area contributed by atoms with Gasteiger partial charge in [-0.15, -0.1) is 10.2 Å². The van der Waals surface area contributed by atoms with Crippen molar-refractivity contribution in [1.29, 1.82) is 5.26 Å². The van der Waals surface area contributed by atoms with Gasteiger partial charge >= 0.3 is 0 Å². The van der Waals surface area contributed by atoms with Gasteiger partial charge in [0.25, 0.3) is 0 Å². The molecule has 1 fully saturated rings. The van der Waals surface area contributed by atoms with E-state index in [1.807, 2.05) is 19.1 Å². The number of pyridine rings is 1. The van der Waals surface area contributed by atoms with Crippen molar-refractivity contribution in [3.63, 3.8) is 0 Å². The molecule has 2 heterocycles. The number of nitrogens with one attached hydrogen (secondary N) is 1. The minimum absolute atomic E-state index is 0.122. The first-order valence-electron chi connectivity index (χ1n) is 8.98. The van der Waals surface area contributed by atoms with Crippen molar-refractivity contribution in [3.8, 4) is 17.5 Å². The van der Waals surface area contributed by atoms with Gasteiger partial charge in [0.2, 0.25) is 5.91 Å². The lowest BCUT2D eigenvalue weighted by atomic mass is 10.2. The maximum Gasteiger partial charge on any atom is 0.237 e. The summed E-state index contributed by atoms with van der Waals surface area (Å²) < 4.78 is 2.12. The molecule has 8 heteroatoms.